The molecular formula is C13H21NO4. The Kier molecular flexibility index (Phi) is 9.65. The smallest absolute Gasteiger partial charge is 0.305 e. The standard InChI is InChI=1S/C13H21NO4/c1-11(2)10-18-13(16)7-4-3-6-12(15)17-9-5-8-14/h11H,3-7,9-10H2,1-2H3. The van der Waals surface area contributed by atoms with Crippen molar-refractivity contribution >= 4 is 11.9 Å². The van der Waals surface area contributed by atoms with Crippen molar-refractivity contribution in [3.63, 3.8) is 0 Å². The lowest BCUT2D eigenvalue weighted by Gasteiger charge is -2.06. The molecule has 0 N–H and O–H groups in total. The molecule has 0 bridgehead atoms. The van der Waals surface area contributed by atoms with E-state index in [4.69, 9.17) is 14.7 Å². The van der Waals surface area contributed by atoms with Gasteiger partial charge in [-0.15, -0.1) is 0 Å². The predicted molar refractivity (Wildman–Crippen MR) is 65.5 cm³/mol. The molecule has 18 heavy (non-hydrogen) atoms. The Labute approximate surface area is 108 Å². The summed E-state index contributed by atoms with van der Waals surface area (Å²) in [7, 11) is 0. The van der Waals surface area contributed by atoms with Crippen molar-refractivity contribution in [2.24, 2.45) is 5.92 Å². The van der Waals surface area contributed by atoms with Gasteiger partial charge in [-0.2, -0.15) is 5.26 Å². The maximum Gasteiger partial charge on any atom is 0.305 e. The van der Waals surface area contributed by atoms with Crippen LogP contribution in [-0.4, -0.2) is 25.2 Å². The van der Waals surface area contributed by atoms with Crippen LogP contribution in [0.2, 0.25) is 0 Å². The first-order chi connectivity index (χ1) is 8.56. The van der Waals surface area contributed by atoms with Gasteiger partial charge in [-0.1, -0.05) is 13.8 Å². The van der Waals surface area contributed by atoms with E-state index in [0.29, 0.717) is 31.8 Å². The van der Waals surface area contributed by atoms with Gasteiger partial charge in [0.2, 0.25) is 0 Å². The first-order valence-electron chi connectivity index (χ1n) is 6.24. The summed E-state index contributed by atoms with van der Waals surface area (Å²) in [5.41, 5.74) is 0. The lowest BCUT2D eigenvalue weighted by atomic mass is 10.2. The molecule has 0 amide bonds. The number of rotatable bonds is 9. The van der Waals surface area contributed by atoms with E-state index < -0.39 is 0 Å². The highest BCUT2D eigenvalue weighted by Crippen LogP contribution is 2.04. The first-order valence-corrected chi connectivity index (χ1v) is 6.24. The van der Waals surface area contributed by atoms with Crippen molar-refractivity contribution in [2.45, 2.75) is 46.0 Å². The molecule has 0 atom stereocenters. The molecule has 102 valence electrons. The van der Waals surface area contributed by atoms with Crippen molar-refractivity contribution in [1.29, 1.82) is 5.26 Å². The third-order valence-electron chi connectivity index (χ3n) is 2.07. The van der Waals surface area contributed by atoms with Gasteiger partial charge in [0.25, 0.3) is 0 Å². The van der Waals surface area contributed by atoms with Crippen LogP contribution >= 0.6 is 0 Å². The van der Waals surface area contributed by atoms with Crippen LogP contribution in [0.4, 0.5) is 0 Å². The minimum Gasteiger partial charge on any atom is -0.465 e. The Morgan fingerprint density at radius 1 is 1.11 bits per heavy atom. The van der Waals surface area contributed by atoms with Gasteiger partial charge in [-0.25, -0.2) is 0 Å². The van der Waals surface area contributed by atoms with Crippen LogP contribution < -0.4 is 0 Å². The number of carbonyl (C=O) groups is 2. The number of nitrogens with zero attached hydrogens (tertiary/aromatic N) is 1. The van der Waals surface area contributed by atoms with E-state index in [-0.39, 0.29) is 31.4 Å². The van der Waals surface area contributed by atoms with E-state index >= 15 is 0 Å². The topological polar surface area (TPSA) is 76.4 Å². The largest absolute Gasteiger partial charge is 0.465 e. The molecule has 0 saturated heterocycles. The Morgan fingerprint density at radius 2 is 1.67 bits per heavy atom. The molecule has 5 heteroatoms. The molecule has 0 spiro atoms. The van der Waals surface area contributed by atoms with Gasteiger partial charge in [0.15, 0.2) is 0 Å². The minimum absolute atomic E-state index is 0.145. The highest BCUT2D eigenvalue weighted by molar-refractivity contribution is 5.70. The third-order valence-corrected chi connectivity index (χ3v) is 2.07. The lowest BCUT2D eigenvalue weighted by Crippen LogP contribution is -2.10. The number of hydrogen-bond acceptors (Lipinski definition) is 5. The maximum absolute atomic E-state index is 11.2. The molecule has 0 aromatic carbocycles. The van der Waals surface area contributed by atoms with E-state index in [9.17, 15) is 9.59 Å². The summed E-state index contributed by atoms with van der Waals surface area (Å²) in [5, 5.41) is 8.25. The quantitative estimate of drug-likeness (QED) is 0.466. The Bertz CT molecular complexity index is 294. The maximum atomic E-state index is 11.2. The molecule has 0 saturated carbocycles. The Balaban J connectivity index is 3.41. The summed E-state index contributed by atoms with van der Waals surface area (Å²) in [6, 6.07) is 1.89. The molecule has 0 fully saturated rings. The zero-order chi connectivity index (χ0) is 13.8. The van der Waals surface area contributed by atoms with Crippen LogP contribution in [0.1, 0.15) is 46.0 Å². The van der Waals surface area contributed by atoms with Crippen molar-refractivity contribution < 1.29 is 19.1 Å². The van der Waals surface area contributed by atoms with Gasteiger partial charge < -0.3 is 9.47 Å². The average Bonchev–Trinajstić information content (AvgIpc) is 2.32. The molecule has 0 aliphatic rings. The van der Waals surface area contributed by atoms with Crippen molar-refractivity contribution in [1.82, 2.24) is 0 Å². The number of carbonyl (C=O) groups excluding carboxylic acids is 2. The van der Waals surface area contributed by atoms with E-state index in [1.54, 1.807) is 0 Å². The molecule has 0 unspecified atom stereocenters. The summed E-state index contributed by atoms with van der Waals surface area (Å²) < 4.78 is 9.79. The second kappa shape index (κ2) is 10.6. The first kappa shape index (κ1) is 16.4. The molecule has 0 heterocycles. The Morgan fingerprint density at radius 3 is 2.17 bits per heavy atom. The lowest BCUT2D eigenvalue weighted by molar-refractivity contribution is -0.146. The summed E-state index contributed by atoms with van der Waals surface area (Å²) in [4.78, 5) is 22.4. The number of nitriles is 1. The van der Waals surface area contributed by atoms with E-state index in [2.05, 4.69) is 0 Å². The van der Waals surface area contributed by atoms with Gasteiger partial charge in [0.05, 0.1) is 19.1 Å². The Hall–Kier alpha value is -1.57. The van der Waals surface area contributed by atoms with Gasteiger partial charge in [0, 0.05) is 12.8 Å². The third kappa shape index (κ3) is 10.9. The molecule has 5 nitrogen and oxygen atoms in total. The second-order valence-corrected chi connectivity index (χ2v) is 4.41. The van der Waals surface area contributed by atoms with Crippen molar-refractivity contribution in [3.05, 3.63) is 0 Å². The molecule has 0 radical (unpaired) electrons. The normalized spacial score (nSPS) is 9.89. The summed E-state index contributed by atoms with van der Waals surface area (Å²) in [6.07, 6.45) is 2.04. The summed E-state index contributed by atoms with van der Waals surface area (Å²) in [5.74, 6) is -0.202. The molecule has 0 rings (SSSR count). The second-order valence-electron chi connectivity index (χ2n) is 4.41. The van der Waals surface area contributed by atoms with Crippen LogP contribution in [0.5, 0.6) is 0 Å². The molecule has 0 aliphatic carbocycles. The zero-order valence-corrected chi connectivity index (χ0v) is 11.1. The molecule has 0 aliphatic heterocycles. The fourth-order valence-electron chi connectivity index (χ4n) is 1.15. The van der Waals surface area contributed by atoms with E-state index in [1.807, 2.05) is 19.9 Å². The zero-order valence-electron chi connectivity index (χ0n) is 11.1. The minimum atomic E-state index is -0.319. The molecular weight excluding hydrogens is 234 g/mol. The van der Waals surface area contributed by atoms with E-state index in [1.165, 1.54) is 0 Å². The molecule has 0 aromatic rings. The van der Waals surface area contributed by atoms with Crippen molar-refractivity contribution in [3.8, 4) is 6.07 Å². The molecule has 0 aromatic heterocycles. The van der Waals surface area contributed by atoms with E-state index in [0.717, 1.165) is 0 Å². The highest BCUT2D eigenvalue weighted by Gasteiger charge is 2.06. The van der Waals surface area contributed by atoms with Crippen molar-refractivity contribution in [2.75, 3.05) is 13.2 Å². The highest BCUT2D eigenvalue weighted by atomic mass is 16.5. The summed E-state index contributed by atoms with van der Waals surface area (Å²) in [6.45, 7) is 4.54. The fraction of sp³-hybridized carbons (Fsp3) is 0.769. The van der Waals surface area contributed by atoms with Crippen LogP contribution in [0.15, 0.2) is 0 Å². The average molecular weight is 255 g/mol. The number of hydrogen-bond donors (Lipinski definition) is 0. The number of ether oxygens (including phenoxy) is 2. The number of esters is 2. The monoisotopic (exact) mass is 255 g/mol. The van der Waals surface area contributed by atoms with Gasteiger partial charge in [-0.05, 0) is 18.8 Å². The SMILES string of the molecule is CC(C)COC(=O)CCCCC(=O)OCCC#N. The fourth-order valence-corrected chi connectivity index (χ4v) is 1.15. The van der Waals surface area contributed by atoms with Crippen LogP contribution in [-0.2, 0) is 19.1 Å². The number of unbranched alkanes of at least 4 members (excludes halogenated alkanes) is 1. The summed E-state index contributed by atoms with van der Waals surface area (Å²) >= 11 is 0. The van der Waals surface area contributed by atoms with Gasteiger partial charge in [0.1, 0.15) is 6.61 Å². The van der Waals surface area contributed by atoms with Gasteiger partial charge in [-0.3, -0.25) is 9.59 Å². The van der Waals surface area contributed by atoms with Gasteiger partial charge >= 0.3 is 11.9 Å². The predicted octanol–water partition coefficient (Wildman–Crippen LogP) is 2.20. The van der Waals surface area contributed by atoms with Crippen LogP contribution in [0.3, 0.4) is 0 Å². The van der Waals surface area contributed by atoms with Crippen LogP contribution in [0, 0.1) is 17.2 Å². The van der Waals surface area contributed by atoms with Crippen LogP contribution in [0.25, 0.3) is 0 Å².